The average molecular weight is 405 g/mol. The van der Waals surface area contributed by atoms with Crippen LogP contribution in [0.5, 0.6) is 5.75 Å². The monoisotopic (exact) mass is 405 g/mol. The molecule has 7 heteroatoms. The number of benzene rings is 2. The normalized spacial score (nSPS) is 13.4. The van der Waals surface area contributed by atoms with Crippen molar-refractivity contribution < 1.29 is 19.1 Å². The second kappa shape index (κ2) is 8.41. The first-order valence-corrected chi connectivity index (χ1v) is 9.92. The van der Waals surface area contributed by atoms with E-state index in [1.807, 2.05) is 18.2 Å². The topological polar surface area (TPSA) is 80.6 Å². The molecule has 2 aromatic carbocycles. The molecule has 0 bridgehead atoms. The first-order valence-electron chi connectivity index (χ1n) is 9.92. The molecule has 7 nitrogen and oxygen atoms in total. The number of likely N-dealkylation sites (tertiary alicyclic amines) is 1. The highest BCUT2D eigenvalue weighted by Crippen LogP contribution is 2.23. The lowest BCUT2D eigenvalue weighted by atomic mass is 10.1. The van der Waals surface area contributed by atoms with Gasteiger partial charge in [0.15, 0.2) is 0 Å². The van der Waals surface area contributed by atoms with Gasteiger partial charge in [-0.25, -0.2) is 0 Å². The fraction of sp³-hybridized carbons (Fsp3) is 0.261. The van der Waals surface area contributed by atoms with Crippen LogP contribution in [0.25, 0.3) is 10.9 Å². The summed E-state index contributed by atoms with van der Waals surface area (Å²) in [7, 11) is 1.58. The minimum atomic E-state index is -0.526. The Morgan fingerprint density at radius 2 is 1.70 bits per heavy atom. The summed E-state index contributed by atoms with van der Waals surface area (Å²) < 4.78 is 6.83. The molecule has 1 aromatic heterocycles. The molecule has 154 valence electrons. The van der Waals surface area contributed by atoms with Crippen molar-refractivity contribution in [1.82, 2.24) is 9.47 Å². The largest absolute Gasteiger partial charge is 0.497 e. The Balaban J connectivity index is 1.56. The first-order chi connectivity index (χ1) is 14.6. The second-order valence-corrected chi connectivity index (χ2v) is 7.29. The number of ketones is 1. The molecular formula is C23H23N3O4. The molecule has 30 heavy (non-hydrogen) atoms. The number of nitrogens with one attached hydrogen (secondary N) is 1. The van der Waals surface area contributed by atoms with Crippen molar-refractivity contribution in [1.29, 1.82) is 0 Å². The molecule has 4 rings (SSSR count). The average Bonchev–Trinajstić information content (AvgIpc) is 3.42. The van der Waals surface area contributed by atoms with Crippen LogP contribution in [0.3, 0.4) is 0 Å². The third-order valence-corrected chi connectivity index (χ3v) is 5.31. The molecule has 1 aliphatic rings. The number of fused-ring (bicyclic) bond motifs is 1. The number of anilines is 1. The van der Waals surface area contributed by atoms with Gasteiger partial charge in [-0.05, 0) is 43.2 Å². The van der Waals surface area contributed by atoms with Gasteiger partial charge >= 0.3 is 0 Å². The SMILES string of the molecule is COc1ccc(NC(=O)Cn2cc(C(=O)C(=O)N3CCCC3)c3ccccc32)cc1. The van der Waals surface area contributed by atoms with Crippen molar-refractivity contribution >= 4 is 34.2 Å². The van der Waals surface area contributed by atoms with Gasteiger partial charge in [-0.3, -0.25) is 14.4 Å². The first kappa shape index (κ1) is 19.7. The summed E-state index contributed by atoms with van der Waals surface area (Å²) in [5.41, 5.74) is 1.72. The van der Waals surface area contributed by atoms with Crippen LogP contribution >= 0.6 is 0 Å². The Morgan fingerprint density at radius 3 is 2.40 bits per heavy atom. The second-order valence-electron chi connectivity index (χ2n) is 7.29. The van der Waals surface area contributed by atoms with Crippen molar-refractivity contribution in [3.05, 3.63) is 60.3 Å². The van der Waals surface area contributed by atoms with Gasteiger partial charge in [-0.2, -0.15) is 0 Å². The number of rotatable bonds is 6. The number of para-hydroxylation sites is 1. The van der Waals surface area contributed by atoms with Crippen LogP contribution in [0.4, 0.5) is 5.69 Å². The van der Waals surface area contributed by atoms with E-state index in [2.05, 4.69) is 5.32 Å². The summed E-state index contributed by atoms with van der Waals surface area (Å²) in [6.45, 7) is 1.26. The Hall–Kier alpha value is -3.61. The van der Waals surface area contributed by atoms with E-state index in [-0.39, 0.29) is 12.5 Å². The standard InChI is InChI=1S/C23H23N3O4/c1-30-17-10-8-16(9-11-17)24-21(27)15-26-14-19(18-6-2-3-7-20(18)26)22(28)23(29)25-12-4-5-13-25/h2-3,6-11,14H,4-5,12-13,15H2,1H3,(H,24,27). The van der Waals surface area contributed by atoms with Gasteiger partial charge in [0.05, 0.1) is 12.7 Å². The zero-order chi connectivity index (χ0) is 21.1. The van der Waals surface area contributed by atoms with Crippen LogP contribution in [0, 0.1) is 0 Å². The molecule has 0 radical (unpaired) electrons. The fourth-order valence-corrected chi connectivity index (χ4v) is 3.77. The molecule has 0 spiro atoms. The number of hydrogen-bond donors (Lipinski definition) is 1. The molecule has 2 amide bonds. The number of hydrogen-bond acceptors (Lipinski definition) is 4. The minimum Gasteiger partial charge on any atom is -0.497 e. The maximum absolute atomic E-state index is 12.9. The van der Waals surface area contributed by atoms with Crippen molar-refractivity contribution in [3.8, 4) is 5.75 Å². The van der Waals surface area contributed by atoms with E-state index in [9.17, 15) is 14.4 Å². The van der Waals surface area contributed by atoms with Gasteiger partial charge in [0.2, 0.25) is 5.91 Å². The lowest BCUT2D eigenvalue weighted by Crippen LogP contribution is -2.34. The number of methoxy groups -OCH3 is 1. The highest BCUT2D eigenvalue weighted by atomic mass is 16.5. The predicted octanol–water partition coefficient (Wildman–Crippen LogP) is 3.09. The van der Waals surface area contributed by atoms with Crippen LogP contribution in [-0.4, -0.2) is 47.3 Å². The van der Waals surface area contributed by atoms with Gasteiger partial charge in [0, 0.05) is 35.9 Å². The lowest BCUT2D eigenvalue weighted by Gasteiger charge is -2.13. The Kier molecular flexibility index (Phi) is 5.52. The van der Waals surface area contributed by atoms with Crippen molar-refractivity contribution in [2.45, 2.75) is 19.4 Å². The molecule has 1 aliphatic heterocycles. The molecule has 1 N–H and O–H groups in total. The van der Waals surface area contributed by atoms with Crippen LogP contribution in [-0.2, 0) is 16.1 Å². The molecule has 1 fully saturated rings. The van der Waals surface area contributed by atoms with Crippen LogP contribution < -0.4 is 10.1 Å². The number of nitrogens with zero attached hydrogens (tertiary/aromatic N) is 2. The maximum Gasteiger partial charge on any atom is 0.295 e. The Morgan fingerprint density at radius 1 is 1.00 bits per heavy atom. The number of aromatic nitrogens is 1. The van der Waals surface area contributed by atoms with E-state index >= 15 is 0 Å². The van der Waals surface area contributed by atoms with Gasteiger partial charge in [0.1, 0.15) is 12.3 Å². The smallest absolute Gasteiger partial charge is 0.295 e. The van der Waals surface area contributed by atoms with Gasteiger partial charge in [-0.15, -0.1) is 0 Å². The molecule has 1 saturated heterocycles. The van der Waals surface area contributed by atoms with E-state index < -0.39 is 11.7 Å². The zero-order valence-corrected chi connectivity index (χ0v) is 16.8. The minimum absolute atomic E-state index is 0.0255. The number of amides is 2. The molecular weight excluding hydrogens is 382 g/mol. The highest BCUT2D eigenvalue weighted by Gasteiger charge is 2.28. The highest BCUT2D eigenvalue weighted by molar-refractivity contribution is 6.44. The number of Topliss-reactive ketones (excluding diaryl/α,β-unsaturated/α-hetero) is 1. The van der Waals surface area contributed by atoms with Crippen LogP contribution in [0.15, 0.2) is 54.7 Å². The zero-order valence-electron chi connectivity index (χ0n) is 16.8. The van der Waals surface area contributed by atoms with Crippen molar-refractivity contribution in [2.75, 3.05) is 25.5 Å². The van der Waals surface area contributed by atoms with E-state index in [4.69, 9.17) is 4.74 Å². The predicted molar refractivity (Wildman–Crippen MR) is 114 cm³/mol. The quantitative estimate of drug-likeness (QED) is 0.505. The summed E-state index contributed by atoms with van der Waals surface area (Å²) in [4.78, 5) is 39.7. The van der Waals surface area contributed by atoms with Crippen molar-refractivity contribution in [3.63, 3.8) is 0 Å². The molecule has 2 heterocycles. The molecule has 0 saturated carbocycles. The summed E-state index contributed by atoms with van der Waals surface area (Å²) in [6, 6.07) is 14.4. The molecule has 0 aliphatic carbocycles. The molecule has 3 aromatic rings. The Labute approximate surface area is 174 Å². The summed E-state index contributed by atoms with van der Waals surface area (Å²) in [5, 5.41) is 3.51. The number of carbonyl (C=O) groups excluding carboxylic acids is 3. The number of carbonyl (C=O) groups is 3. The van der Waals surface area contributed by atoms with Crippen LogP contribution in [0.1, 0.15) is 23.2 Å². The van der Waals surface area contributed by atoms with E-state index in [1.54, 1.807) is 53.1 Å². The number of ether oxygens (including phenoxy) is 1. The third-order valence-electron chi connectivity index (χ3n) is 5.31. The summed E-state index contributed by atoms with van der Waals surface area (Å²) >= 11 is 0. The van der Waals surface area contributed by atoms with E-state index in [0.29, 0.717) is 35.5 Å². The molecule has 0 atom stereocenters. The third kappa shape index (κ3) is 3.91. The summed E-state index contributed by atoms with van der Waals surface area (Å²) in [6.07, 6.45) is 3.45. The fourth-order valence-electron chi connectivity index (χ4n) is 3.77. The molecule has 0 unspecified atom stereocenters. The van der Waals surface area contributed by atoms with Gasteiger partial charge in [0.25, 0.3) is 11.7 Å². The lowest BCUT2D eigenvalue weighted by molar-refractivity contribution is -0.125. The van der Waals surface area contributed by atoms with Crippen molar-refractivity contribution in [2.24, 2.45) is 0 Å². The van der Waals surface area contributed by atoms with E-state index in [1.165, 1.54) is 0 Å². The van der Waals surface area contributed by atoms with Gasteiger partial charge < -0.3 is 19.5 Å². The van der Waals surface area contributed by atoms with Crippen LogP contribution in [0.2, 0.25) is 0 Å². The van der Waals surface area contributed by atoms with Gasteiger partial charge in [-0.1, -0.05) is 18.2 Å². The Bertz CT molecular complexity index is 1100. The maximum atomic E-state index is 12.9. The summed E-state index contributed by atoms with van der Waals surface area (Å²) in [5.74, 6) is -0.526. The van der Waals surface area contributed by atoms with E-state index in [0.717, 1.165) is 18.4 Å².